The average Bonchev–Trinajstić information content (AvgIpc) is 2.39. The maximum Gasteiger partial charge on any atom is 0.269 e. The fourth-order valence-corrected chi connectivity index (χ4v) is 2.63. The predicted molar refractivity (Wildman–Crippen MR) is 70.7 cm³/mol. The molecule has 0 bridgehead atoms. The fourth-order valence-electron chi connectivity index (χ4n) is 2.07. The van der Waals surface area contributed by atoms with Crippen LogP contribution in [0.2, 0.25) is 0 Å². The summed E-state index contributed by atoms with van der Waals surface area (Å²) in [4.78, 5) is 14.1. The molecule has 8 heteroatoms. The molecule has 1 saturated heterocycles. The molecule has 19 heavy (non-hydrogen) atoms. The predicted octanol–water partition coefficient (Wildman–Crippen LogP) is 0.553. The first-order chi connectivity index (χ1) is 9.06. The Balaban J connectivity index is 1.94. The third-order valence-electron chi connectivity index (χ3n) is 3.09. The van der Waals surface area contributed by atoms with Gasteiger partial charge >= 0.3 is 0 Å². The van der Waals surface area contributed by atoms with E-state index in [1.807, 2.05) is 4.90 Å². The summed E-state index contributed by atoms with van der Waals surface area (Å²) in [6.07, 6.45) is 0. The Hall–Kier alpha value is -1.51. The Kier molecular flexibility index (Phi) is 4.46. The van der Waals surface area contributed by atoms with Gasteiger partial charge in [0.15, 0.2) is 0 Å². The molecule has 0 aliphatic carbocycles. The summed E-state index contributed by atoms with van der Waals surface area (Å²) >= 11 is -2.04. The van der Waals surface area contributed by atoms with E-state index in [-0.39, 0.29) is 11.6 Å². The second-order valence-electron chi connectivity index (χ2n) is 4.31. The largest absolute Gasteiger partial charge is 0.771 e. The van der Waals surface area contributed by atoms with Gasteiger partial charge in [0.2, 0.25) is 0 Å². The van der Waals surface area contributed by atoms with E-state index in [1.54, 1.807) is 12.1 Å². The molecule has 1 aromatic carbocycles. The molecule has 1 aliphatic rings. The van der Waals surface area contributed by atoms with Crippen LogP contribution in [-0.2, 0) is 11.1 Å². The fraction of sp³-hybridized carbons (Fsp3) is 0.455. The van der Waals surface area contributed by atoms with Gasteiger partial charge in [-0.15, -0.1) is 0 Å². The normalized spacial score (nSPS) is 18.3. The number of anilines is 1. The van der Waals surface area contributed by atoms with E-state index < -0.39 is 16.0 Å². The van der Waals surface area contributed by atoms with Crippen molar-refractivity contribution in [2.24, 2.45) is 0 Å². The van der Waals surface area contributed by atoms with Gasteiger partial charge in [-0.3, -0.25) is 19.2 Å². The molecule has 0 amide bonds. The zero-order chi connectivity index (χ0) is 13.8. The lowest BCUT2D eigenvalue weighted by Gasteiger charge is -2.36. The third-order valence-corrected chi connectivity index (χ3v) is 3.66. The summed E-state index contributed by atoms with van der Waals surface area (Å²) < 4.78 is 21.2. The quantitative estimate of drug-likeness (QED) is 0.456. The van der Waals surface area contributed by atoms with E-state index in [2.05, 4.69) is 4.90 Å². The maximum atomic E-state index is 10.6. The van der Waals surface area contributed by atoms with Crippen molar-refractivity contribution in [2.45, 2.75) is 0 Å². The van der Waals surface area contributed by atoms with Crippen LogP contribution in [0.5, 0.6) is 0 Å². The molecule has 7 nitrogen and oxygen atoms in total. The Morgan fingerprint density at radius 1 is 1.16 bits per heavy atom. The highest BCUT2D eigenvalue weighted by Gasteiger charge is 2.17. The highest BCUT2D eigenvalue weighted by atomic mass is 32.2. The van der Waals surface area contributed by atoms with Gasteiger partial charge in [0.1, 0.15) is 0 Å². The summed E-state index contributed by atoms with van der Waals surface area (Å²) in [6.45, 7) is 2.78. The summed E-state index contributed by atoms with van der Waals surface area (Å²) in [7, 11) is 0. The third kappa shape index (κ3) is 3.72. The average molecular weight is 284 g/mol. The van der Waals surface area contributed by atoms with Gasteiger partial charge < -0.3 is 9.45 Å². The van der Waals surface area contributed by atoms with Crippen LogP contribution < -0.4 is 4.90 Å². The number of nitrogens with zero attached hydrogens (tertiary/aromatic N) is 3. The monoisotopic (exact) mass is 284 g/mol. The summed E-state index contributed by atoms with van der Waals surface area (Å²) in [5.74, 6) is 0.0636. The molecule has 1 unspecified atom stereocenters. The Bertz CT molecular complexity index is 471. The molecule has 1 heterocycles. The molecule has 0 saturated carbocycles. The molecule has 104 valence electrons. The zero-order valence-corrected chi connectivity index (χ0v) is 11.0. The number of nitro benzene ring substituents is 1. The topological polar surface area (TPSA) is 89.8 Å². The van der Waals surface area contributed by atoms with E-state index in [1.165, 1.54) is 12.1 Å². The van der Waals surface area contributed by atoms with Crippen molar-refractivity contribution in [2.75, 3.05) is 37.0 Å². The minimum absolute atomic E-state index is 0.0636. The van der Waals surface area contributed by atoms with Gasteiger partial charge in [0.25, 0.3) is 5.69 Å². The van der Waals surface area contributed by atoms with Crippen LogP contribution in [0.15, 0.2) is 24.3 Å². The van der Waals surface area contributed by atoms with Crippen molar-refractivity contribution in [1.82, 2.24) is 4.90 Å². The number of nitro groups is 1. The van der Waals surface area contributed by atoms with Crippen LogP contribution >= 0.6 is 0 Å². The minimum Gasteiger partial charge on any atom is -0.771 e. The van der Waals surface area contributed by atoms with E-state index in [0.717, 1.165) is 18.8 Å². The standard InChI is InChI=1S/C11H15N3O4S/c15-14(16)11-3-1-10(2-4-11)13-7-5-12(6-8-13)9-19(17)18/h1-4H,5-9H2,(H,17,18)/p-1. The number of rotatable bonds is 4. The SMILES string of the molecule is O=[N+]([O-])c1ccc(N2CCN(CS(=O)[O-])CC2)cc1. The summed E-state index contributed by atoms with van der Waals surface area (Å²) in [6, 6.07) is 6.40. The van der Waals surface area contributed by atoms with E-state index in [4.69, 9.17) is 0 Å². The lowest BCUT2D eigenvalue weighted by molar-refractivity contribution is -0.384. The molecule has 1 aromatic rings. The molecule has 1 atom stereocenters. The van der Waals surface area contributed by atoms with Gasteiger partial charge in [-0.2, -0.15) is 0 Å². The summed E-state index contributed by atoms with van der Waals surface area (Å²) in [5.41, 5.74) is 0.998. The van der Waals surface area contributed by atoms with Crippen molar-refractivity contribution in [1.29, 1.82) is 0 Å². The second kappa shape index (κ2) is 6.09. The van der Waals surface area contributed by atoms with Crippen molar-refractivity contribution < 1.29 is 13.7 Å². The number of hydrogen-bond acceptors (Lipinski definition) is 6. The van der Waals surface area contributed by atoms with Gasteiger partial charge in [0.05, 0.1) is 10.8 Å². The molecule has 2 rings (SSSR count). The molecule has 1 aliphatic heterocycles. The van der Waals surface area contributed by atoms with Crippen LogP contribution in [0.25, 0.3) is 0 Å². The van der Waals surface area contributed by atoms with Gasteiger partial charge in [-0.25, -0.2) is 0 Å². The number of piperazine rings is 1. The van der Waals surface area contributed by atoms with Crippen molar-refractivity contribution in [3.8, 4) is 0 Å². The zero-order valence-electron chi connectivity index (χ0n) is 10.2. The lowest BCUT2D eigenvalue weighted by Crippen LogP contribution is -2.47. The molecule has 0 N–H and O–H groups in total. The summed E-state index contributed by atoms with van der Waals surface area (Å²) in [5, 5.41) is 10.6. The van der Waals surface area contributed by atoms with Crippen LogP contribution in [0.3, 0.4) is 0 Å². The van der Waals surface area contributed by atoms with Crippen molar-refractivity contribution in [3.05, 3.63) is 34.4 Å². The van der Waals surface area contributed by atoms with Crippen molar-refractivity contribution in [3.63, 3.8) is 0 Å². The van der Waals surface area contributed by atoms with Crippen LogP contribution in [0.4, 0.5) is 11.4 Å². The Morgan fingerprint density at radius 2 is 1.74 bits per heavy atom. The number of benzene rings is 1. The number of non-ortho nitro benzene ring substituents is 1. The first kappa shape index (κ1) is 13.9. The Morgan fingerprint density at radius 3 is 2.21 bits per heavy atom. The van der Waals surface area contributed by atoms with Gasteiger partial charge in [0, 0.05) is 44.0 Å². The van der Waals surface area contributed by atoms with E-state index in [9.17, 15) is 18.9 Å². The van der Waals surface area contributed by atoms with Gasteiger partial charge in [-0.05, 0) is 23.2 Å². The van der Waals surface area contributed by atoms with Gasteiger partial charge in [-0.1, -0.05) is 0 Å². The van der Waals surface area contributed by atoms with Crippen molar-refractivity contribution >= 4 is 22.5 Å². The molecule has 0 spiro atoms. The molecule has 0 radical (unpaired) electrons. The molecule has 1 fully saturated rings. The minimum atomic E-state index is -2.04. The molecule has 0 aromatic heterocycles. The smallest absolute Gasteiger partial charge is 0.269 e. The molecular formula is C11H14N3O4S-. The van der Waals surface area contributed by atoms with Crippen LogP contribution in [0.1, 0.15) is 0 Å². The maximum absolute atomic E-state index is 10.6. The van der Waals surface area contributed by atoms with Crippen LogP contribution in [0, 0.1) is 10.1 Å². The second-order valence-corrected chi connectivity index (χ2v) is 5.18. The molecular weight excluding hydrogens is 270 g/mol. The lowest BCUT2D eigenvalue weighted by atomic mass is 10.2. The first-order valence-electron chi connectivity index (χ1n) is 5.84. The Labute approximate surface area is 113 Å². The van der Waals surface area contributed by atoms with E-state index >= 15 is 0 Å². The van der Waals surface area contributed by atoms with Crippen LogP contribution in [-0.4, -0.2) is 50.6 Å². The highest BCUT2D eigenvalue weighted by Crippen LogP contribution is 2.20. The number of hydrogen-bond donors (Lipinski definition) is 0. The van der Waals surface area contributed by atoms with E-state index in [0.29, 0.717) is 13.1 Å². The highest BCUT2D eigenvalue weighted by molar-refractivity contribution is 7.79. The first-order valence-corrected chi connectivity index (χ1v) is 7.08.